The van der Waals surface area contributed by atoms with Crippen molar-refractivity contribution in [1.82, 2.24) is 31.1 Å². The van der Waals surface area contributed by atoms with E-state index in [1.54, 1.807) is 24.3 Å². The van der Waals surface area contributed by atoms with Crippen LogP contribution in [0.2, 0.25) is 0 Å². The van der Waals surface area contributed by atoms with E-state index >= 15 is 0 Å². The van der Waals surface area contributed by atoms with Crippen molar-refractivity contribution in [3.05, 3.63) is 71.5 Å². The molecule has 1 aromatic heterocycles. The van der Waals surface area contributed by atoms with Crippen molar-refractivity contribution in [2.75, 3.05) is 0 Å². The number of amides is 2. The number of carbonyl (C=O) groups excluding carboxylic acids is 2. The molecule has 3 aromatic rings. The molecule has 0 spiro atoms. The van der Waals surface area contributed by atoms with Gasteiger partial charge in [0.2, 0.25) is 5.91 Å². The molecule has 8 heteroatoms. The highest BCUT2D eigenvalue weighted by atomic mass is 16.2. The number of hydrogen-bond acceptors (Lipinski definition) is 5. The van der Waals surface area contributed by atoms with Gasteiger partial charge in [0.15, 0.2) is 0 Å². The zero-order chi connectivity index (χ0) is 21.0. The Hall–Kier alpha value is -3.55. The zero-order valence-electron chi connectivity index (χ0n) is 16.8. The molecule has 0 unspecified atom stereocenters. The number of hydrazine groups is 1. The van der Waals surface area contributed by atoms with E-state index in [1.807, 2.05) is 31.2 Å². The van der Waals surface area contributed by atoms with Crippen LogP contribution in [-0.4, -0.2) is 32.0 Å². The fourth-order valence-corrected chi connectivity index (χ4v) is 4.23. The van der Waals surface area contributed by atoms with E-state index in [1.165, 1.54) is 11.0 Å². The fourth-order valence-electron chi connectivity index (χ4n) is 4.23. The average Bonchev–Trinajstić information content (AvgIpc) is 3.33. The van der Waals surface area contributed by atoms with Gasteiger partial charge in [-0.05, 0) is 65.6 Å². The van der Waals surface area contributed by atoms with Crippen LogP contribution in [0.3, 0.4) is 0 Å². The molecule has 8 nitrogen and oxygen atoms in total. The lowest BCUT2D eigenvalue weighted by atomic mass is 9.67. The van der Waals surface area contributed by atoms with Crippen LogP contribution in [0.25, 0.3) is 5.69 Å². The van der Waals surface area contributed by atoms with Crippen molar-refractivity contribution in [2.24, 2.45) is 0 Å². The van der Waals surface area contributed by atoms with E-state index in [0.29, 0.717) is 5.56 Å². The monoisotopic (exact) mass is 404 g/mol. The van der Waals surface area contributed by atoms with E-state index in [9.17, 15) is 9.59 Å². The van der Waals surface area contributed by atoms with Crippen LogP contribution >= 0.6 is 0 Å². The summed E-state index contributed by atoms with van der Waals surface area (Å²) in [5.74, 6) is -0.530. The Bertz CT molecular complexity index is 1020. The summed E-state index contributed by atoms with van der Waals surface area (Å²) < 4.78 is 1.50. The molecule has 154 valence electrons. The minimum absolute atomic E-state index is 0.157. The molecule has 30 heavy (non-hydrogen) atoms. The molecule has 1 aliphatic carbocycles. The van der Waals surface area contributed by atoms with Crippen molar-refractivity contribution in [3.8, 4) is 5.69 Å². The number of aryl methyl sites for hydroxylation is 1. The predicted octanol–water partition coefficient (Wildman–Crippen LogP) is 2.63. The van der Waals surface area contributed by atoms with Crippen LogP contribution in [0, 0.1) is 6.92 Å². The Kier molecular flexibility index (Phi) is 5.56. The zero-order valence-corrected chi connectivity index (χ0v) is 16.8. The molecule has 1 heterocycles. The number of benzene rings is 2. The first-order valence-electron chi connectivity index (χ1n) is 10.1. The Labute approximate surface area is 174 Å². The molecule has 0 saturated heterocycles. The maximum absolute atomic E-state index is 13.3. The molecule has 0 bridgehead atoms. The third-order valence-electron chi connectivity index (χ3n) is 5.84. The standard InChI is InChI=1S/C22H24N6O2/c1-16-7-3-4-8-19(16)22(13-5-2-6-14-22)21(30)25-24-20(29)17-9-11-18(12-10-17)28-15-23-26-27-28/h3-4,7-12,15H,2,5-6,13-14H2,1H3,(H,24,29)(H,25,30). The normalized spacial score (nSPS) is 15.4. The minimum atomic E-state index is -0.610. The highest BCUT2D eigenvalue weighted by Crippen LogP contribution is 2.41. The lowest BCUT2D eigenvalue weighted by Crippen LogP contribution is -2.52. The van der Waals surface area contributed by atoms with Gasteiger partial charge in [-0.25, -0.2) is 4.68 Å². The lowest BCUT2D eigenvalue weighted by Gasteiger charge is -2.37. The van der Waals surface area contributed by atoms with Gasteiger partial charge in [-0.2, -0.15) is 0 Å². The quantitative estimate of drug-likeness (QED) is 0.651. The molecule has 0 atom stereocenters. The summed E-state index contributed by atoms with van der Waals surface area (Å²) in [5, 5.41) is 11.0. The van der Waals surface area contributed by atoms with Gasteiger partial charge in [-0.15, -0.1) is 5.10 Å². The van der Waals surface area contributed by atoms with Crippen LogP contribution in [0.5, 0.6) is 0 Å². The van der Waals surface area contributed by atoms with E-state index < -0.39 is 5.41 Å². The summed E-state index contributed by atoms with van der Waals surface area (Å²) in [6.07, 6.45) is 6.15. The smallest absolute Gasteiger partial charge is 0.269 e. The number of aromatic nitrogens is 4. The van der Waals surface area contributed by atoms with Gasteiger partial charge in [0.25, 0.3) is 5.91 Å². The topological polar surface area (TPSA) is 102 Å². The summed E-state index contributed by atoms with van der Waals surface area (Å²) in [6.45, 7) is 2.03. The Morgan fingerprint density at radius 3 is 2.37 bits per heavy atom. The number of tetrazole rings is 1. The maximum atomic E-state index is 13.3. The summed E-state index contributed by atoms with van der Waals surface area (Å²) >= 11 is 0. The van der Waals surface area contributed by atoms with Gasteiger partial charge in [0, 0.05) is 5.56 Å². The molecule has 2 N–H and O–H groups in total. The highest BCUT2D eigenvalue weighted by molar-refractivity contribution is 5.97. The van der Waals surface area contributed by atoms with Crippen molar-refractivity contribution < 1.29 is 9.59 Å². The number of nitrogens with zero attached hydrogens (tertiary/aromatic N) is 4. The largest absolute Gasteiger partial charge is 0.272 e. The first-order chi connectivity index (χ1) is 14.6. The van der Waals surface area contributed by atoms with Gasteiger partial charge in [0.05, 0.1) is 11.1 Å². The SMILES string of the molecule is Cc1ccccc1C1(C(=O)NNC(=O)c2ccc(-n3cnnn3)cc2)CCCCC1. The molecule has 1 aliphatic rings. The van der Waals surface area contributed by atoms with Gasteiger partial charge in [-0.1, -0.05) is 43.5 Å². The third kappa shape index (κ3) is 3.80. The molecule has 0 aliphatic heterocycles. The van der Waals surface area contributed by atoms with E-state index in [2.05, 4.69) is 26.4 Å². The summed E-state index contributed by atoms with van der Waals surface area (Å²) in [4.78, 5) is 25.8. The van der Waals surface area contributed by atoms with E-state index in [0.717, 1.165) is 48.9 Å². The van der Waals surface area contributed by atoms with Crippen molar-refractivity contribution >= 4 is 11.8 Å². The number of hydrogen-bond donors (Lipinski definition) is 2. The van der Waals surface area contributed by atoms with Crippen molar-refractivity contribution in [1.29, 1.82) is 0 Å². The van der Waals surface area contributed by atoms with Crippen LogP contribution in [-0.2, 0) is 10.2 Å². The molecular weight excluding hydrogens is 380 g/mol. The number of rotatable bonds is 4. The van der Waals surface area contributed by atoms with E-state index in [4.69, 9.17) is 0 Å². The van der Waals surface area contributed by atoms with Gasteiger partial charge in [-0.3, -0.25) is 20.4 Å². The molecular formula is C22H24N6O2. The predicted molar refractivity (Wildman–Crippen MR) is 111 cm³/mol. The first-order valence-corrected chi connectivity index (χ1v) is 10.1. The summed E-state index contributed by atoms with van der Waals surface area (Å²) in [5.41, 5.74) is 7.96. The maximum Gasteiger partial charge on any atom is 0.269 e. The van der Waals surface area contributed by atoms with Crippen LogP contribution in [0.4, 0.5) is 0 Å². The Balaban J connectivity index is 1.47. The average molecular weight is 404 g/mol. The number of nitrogens with one attached hydrogen (secondary N) is 2. The van der Waals surface area contributed by atoms with Crippen molar-refractivity contribution in [3.63, 3.8) is 0 Å². The van der Waals surface area contributed by atoms with Crippen LogP contribution < -0.4 is 10.9 Å². The molecule has 1 fully saturated rings. The van der Waals surface area contributed by atoms with Gasteiger partial charge < -0.3 is 0 Å². The Morgan fingerprint density at radius 2 is 1.70 bits per heavy atom. The molecule has 1 saturated carbocycles. The molecule has 4 rings (SSSR count). The summed E-state index contributed by atoms with van der Waals surface area (Å²) in [6, 6.07) is 14.8. The first kappa shape index (κ1) is 19.8. The molecule has 2 amide bonds. The van der Waals surface area contributed by atoms with Gasteiger partial charge in [0.1, 0.15) is 6.33 Å². The molecule has 2 aromatic carbocycles. The number of carbonyl (C=O) groups is 2. The Morgan fingerprint density at radius 1 is 0.967 bits per heavy atom. The van der Waals surface area contributed by atoms with Crippen molar-refractivity contribution in [2.45, 2.75) is 44.4 Å². The minimum Gasteiger partial charge on any atom is -0.272 e. The lowest BCUT2D eigenvalue weighted by molar-refractivity contribution is -0.128. The second kappa shape index (κ2) is 8.44. The van der Waals surface area contributed by atoms with Crippen LogP contribution in [0.1, 0.15) is 53.6 Å². The van der Waals surface area contributed by atoms with Gasteiger partial charge >= 0.3 is 0 Å². The second-order valence-electron chi connectivity index (χ2n) is 7.67. The highest BCUT2D eigenvalue weighted by Gasteiger charge is 2.42. The molecule has 0 radical (unpaired) electrons. The third-order valence-corrected chi connectivity index (χ3v) is 5.84. The summed E-state index contributed by atoms with van der Waals surface area (Å²) in [7, 11) is 0. The second-order valence-corrected chi connectivity index (χ2v) is 7.67. The van der Waals surface area contributed by atoms with E-state index in [-0.39, 0.29) is 11.8 Å². The van der Waals surface area contributed by atoms with Crippen LogP contribution in [0.15, 0.2) is 54.9 Å². The fraction of sp³-hybridized carbons (Fsp3) is 0.318.